The number of rotatable bonds is 5. The lowest BCUT2D eigenvalue weighted by Crippen LogP contribution is -2.44. The summed E-state index contributed by atoms with van der Waals surface area (Å²) in [6.07, 6.45) is 5.61. The molecule has 1 aliphatic rings. The van der Waals surface area contributed by atoms with Gasteiger partial charge in [0.05, 0.1) is 24.0 Å². The number of nitrogens with zero attached hydrogens (tertiary/aromatic N) is 3. The summed E-state index contributed by atoms with van der Waals surface area (Å²) < 4.78 is 13.2. The second-order valence-electron chi connectivity index (χ2n) is 8.10. The number of pyridine rings is 1. The van der Waals surface area contributed by atoms with Crippen molar-refractivity contribution in [3.63, 3.8) is 0 Å². The van der Waals surface area contributed by atoms with E-state index in [9.17, 15) is 14.4 Å². The van der Waals surface area contributed by atoms with Gasteiger partial charge >= 0.3 is 0 Å². The van der Waals surface area contributed by atoms with Crippen molar-refractivity contribution in [1.82, 2.24) is 15.2 Å². The molecule has 2 aromatic carbocycles. The van der Waals surface area contributed by atoms with Crippen LogP contribution in [0.25, 0.3) is 11.1 Å². The van der Waals surface area contributed by atoms with Crippen LogP contribution in [0.2, 0.25) is 0 Å². The number of nitriles is 1. The molecule has 1 aliphatic heterocycles. The Morgan fingerprint density at radius 1 is 1.12 bits per heavy atom. The zero-order chi connectivity index (χ0) is 22.7. The van der Waals surface area contributed by atoms with Crippen LogP contribution in [0.5, 0.6) is 0 Å². The summed E-state index contributed by atoms with van der Waals surface area (Å²) in [5.74, 6) is -0.248. The predicted molar refractivity (Wildman–Crippen MR) is 122 cm³/mol. The third-order valence-corrected chi connectivity index (χ3v) is 5.94. The first-order valence-electron chi connectivity index (χ1n) is 10.5. The first-order chi connectivity index (χ1) is 15.5. The van der Waals surface area contributed by atoms with Crippen molar-refractivity contribution >= 4 is 17.3 Å². The van der Waals surface area contributed by atoms with E-state index in [2.05, 4.69) is 21.8 Å². The van der Waals surface area contributed by atoms with E-state index < -0.39 is 0 Å². The van der Waals surface area contributed by atoms with Crippen LogP contribution in [0.15, 0.2) is 67.0 Å². The van der Waals surface area contributed by atoms with Gasteiger partial charge in [0, 0.05) is 29.6 Å². The monoisotopic (exact) mass is 429 g/mol. The van der Waals surface area contributed by atoms with Crippen LogP contribution in [0, 0.1) is 23.2 Å². The fourth-order valence-electron chi connectivity index (χ4n) is 4.12. The highest BCUT2D eigenvalue weighted by molar-refractivity contribution is 5.95. The summed E-state index contributed by atoms with van der Waals surface area (Å²) in [4.78, 5) is 18.7. The van der Waals surface area contributed by atoms with E-state index in [1.807, 2.05) is 32.0 Å². The molecule has 3 atom stereocenters. The number of hydrogen-bond donors (Lipinski definition) is 2. The van der Waals surface area contributed by atoms with E-state index in [1.165, 1.54) is 12.1 Å². The Hall–Kier alpha value is -3.92. The molecule has 1 fully saturated rings. The molecule has 0 aliphatic carbocycles. The first-order valence-corrected chi connectivity index (χ1v) is 10.5. The summed E-state index contributed by atoms with van der Waals surface area (Å²) >= 11 is 0. The van der Waals surface area contributed by atoms with Gasteiger partial charge in [-0.05, 0) is 60.9 Å². The second-order valence-corrected chi connectivity index (χ2v) is 8.10. The molecule has 0 radical (unpaired) electrons. The molecule has 7 heteroatoms. The SMILES string of the molecule is CC1CN(C#N)C(C)[C@@H]1NC(=O)c1ccc(-c2ccncc2Nc2ccc(F)cc2)cc1. The Balaban J connectivity index is 1.50. The fraction of sp³-hybridized carbons (Fsp3) is 0.240. The zero-order valence-corrected chi connectivity index (χ0v) is 17.9. The van der Waals surface area contributed by atoms with Crippen LogP contribution in [-0.2, 0) is 0 Å². The maximum absolute atomic E-state index is 13.2. The van der Waals surface area contributed by atoms with Gasteiger partial charge < -0.3 is 15.5 Å². The summed E-state index contributed by atoms with van der Waals surface area (Å²) in [7, 11) is 0. The van der Waals surface area contributed by atoms with Gasteiger partial charge in [0.15, 0.2) is 6.19 Å². The Morgan fingerprint density at radius 2 is 1.84 bits per heavy atom. The number of benzene rings is 2. The van der Waals surface area contributed by atoms with Crippen molar-refractivity contribution in [2.24, 2.45) is 5.92 Å². The van der Waals surface area contributed by atoms with Gasteiger partial charge in [-0.15, -0.1) is 0 Å². The Labute approximate surface area is 186 Å². The third kappa shape index (κ3) is 4.40. The molecule has 2 N–H and O–H groups in total. The van der Waals surface area contributed by atoms with Gasteiger partial charge in [0.2, 0.25) is 0 Å². The Bertz CT molecular complexity index is 1140. The summed E-state index contributed by atoms with van der Waals surface area (Å²) in [5, 5.41) is 15.6. The number of aromatic nitrogens is 1. The lowest BCUT2D eigenvalue weighted by atomic mass is 10.00. The minimum absolute atomic E-state index is 0.0323. The largest absolute Gasteiger partial charge is 0.354 e. The lowest BCUT2D eigenvalue weighted by molar-refractivity contribution is 0.0924. The molecule has 32 heavy (non-hydrogen) atoms. The number of likely N-dealkylation sites (tertiary alicyclic amines) is 1. The van der Waals surface area contributed by atoms with Crippen LogP contribution < -0.4 is 10.6 Å². The number of halogens is 1. The highest BCUT2D eigenvalue weighted by Gasteiger charge is 2.37. The van der Waals surface area contributed by atoms with Crippen LogP contribution in [0.3, 0.4) is 0 Å². The van der Waals surface area contributed by atoms with Crippen molar-refractivity contribution in [3.8, 4) is 17.3 Å². The van der Waals surface area contributed by atoms with Crippen molar-refractivity contribution in [3.05, 3.63) is 78.4 Å². The standard InChI is InChI=1S/C25H24FN5O/c1-16-14-31(15-27)17(2)24(16)30-25(32)19-5-3-18(4-6-19)22-11-12-28-13-23(22)29-21-9-7-20(26)8-10-21/h3-13,16-17,24,29H,14H2,1-2H3,(H,30,32)/t16?,17?,24-/m1/s1. The van der Waals surface area contributed by atoms with Gasteiger partial charge in [-0.1, -0.05) is 19.1 Å². The molecule has 3 aromatic rings. The third-order valence-electron chi connectivity index (χ3n) is 5.94. The van der Waals surface area contributed by atoms with Gasteiger partial charge in [0.1, 0.15) is 5.82 Å². The maximum atomic E-state index is 13.2. The predicted octanol–water partition coefficient (Wildman–Crippen LogP) is 4.55. The molecule has 1 amide bonds. The molecule has 1 saturated heterocycles. The van der Waals surface area contributed by atoms with Crippen molar-refractivity contribution in [1.29, 1.82) is 5.26 Å². The number of carbonyl (C=O) groups excluding carboxylic acids is 1. The van der Waals surface area contributed by atoms with Crippen molar-refractivity contribution < 1.29 is 9.18 Å². The minimum Gasteiger partial charge on any atom is -0.354 e. The molecule has 2 heterocycles. The van der Waals surface area contributed by atoms with Gasteiger partial charge in [-0.2, -0.15) is 5.26 Å². The second kappa shape index (κ2) is 9.06. The topological polar surface area (TPSA) is 81.1 Å². The Kier molecular flexibility index (Phi) is 6.04. The molecule has 1 aromatic heterocycles. The van der Waals surface area contributed by atoms with Gasteiger partial charge in [-0.25, -0.2) is 4.39 Å². The number of hydrogen-bond acceptors (Lipinski definition) is 5. The smallest absolute Gasteiger partial charge is 0.251 e. The highest BCUT2D eigenvalue weighted by atomic mass is 19.1. The zero-order valence-electron chi connectivity index (χ0n) is 17.9. The van der Waals surface area contributed by atoms with Crippen LogP contribution >= 0.6 is 0 Å². The lowest BCUT2D eigenvalue weighted by Gasteiger charge is -2.22. The molecule has 162 valence electrons. The molecular weight excluding hydrogens is 405 g/mol. The molecule has 2 unspecified atom stereocenters. The minimum atomic E-state index is -0.294. The average molecular weight is 429 g/mol. The van der Waals surface area contributed by atoms with E-state index in [4.69, 9.17) is 0 Å². The van der Waals surface area contributed by atoms with Crippen LogP contribution in [-0.4, -0.2) is 34.4 Å². The average Bonchev–Trinajstić information content (AvgIpc) is 3.08. The fourth-order valence-corrected chi connectivity index (χ4v) is 4.12. The quantitative estimate of drug-likeness (QED) is 0.582. The molecule has 0 bridgehead atoms. The van der Waals surface area contributed by atoms with Gasteiger partial charge in [0.25, 0.3) is 5.91 Å². The summed E-state index contributed by atoms with van der Waals surface area (Å²) in [6, 6.07) is 15.3. The maximum Gasteiger partial charge on any atom is 0.251 e. The Morgan fingerprint density at radius 3 is 2.50 bits per heavy atom. The van der Waals surface area contributed by atoms with E-state index in [1.54, 1.807) is 41.6 Å². The van der Waals surface area contributed by atoms with Gasteiger partial charge in [-0.3, -0.25) is 9.78 Å². The molecule has 4 rings (SSSR count). The molecule has 6 nitrogen and oxygen atoms in total. The number of anilines is 2. The number of nitrogens with one attached hydrogen (secondary N) is 2. The highest BCUT2D eigenvalue weighted by Crippen LogP contribution is 2.30. The van der Waals surface area contributed by atoms with Crippen LogP contribution in [0.1, 0.15) is 24.2 Å². The van der Waals surface area contributed by atoms with E-state index >= 15 is 0 Å². The van der Waals surface area contributed by atoms with E-state index in [-0.39, 0.29) is 29.7 Å². The normalized spacial score (nSPS) is 19.9. The first kappa shape index (κ1) is 21.3. The number of amides is 1. The van der Waals surface area contributed by atoms with E-state index in [0.717, 1.165) is 22.5 Å². The van der Waals surface area contributed by atoms with Crippen molar-refractivity contribution in [2.75, 3.05) is 11.9 Å². The van der Waals surface area contributed by atoms with Crippen molar-refractivity contribution in [2.45, 2.75) is 25.9 Å². The van der Waals surface area contributed by atoms with E-state index in [0.29, 0.717) is 12.1 Å². The summed E-state index contributed by atoms with van der Waals surface area (Å²) in [5.41, 5.74) is 3.93. The molecular formula is C25H24FN5O. The summed E-state index contributed by atoms with van der Waals surface area (Å²) in [6.45, 7) is 4.65. The van der Waals surface area contributed by atoms with Crippen LogP contribution in [0.4, 0.5) is 15.8 Å². The molecule has 0 spiro atoms. The molecule has 0 saturated carbocycles. The number of carbonyl (C=O) groups is 1.